The number of nitrogens with one attached hydrogen (secondary N) is 1. The van der Waals surface area contributed by atoms with Crippen molar-refractivity contribution in [2.75, 3.05) is 25.1 Å². The minimum absolute atomic E-state index is 0.0464. The topological polar surface area (TPSA) is 95.9 Å². The number of rotatable bonds is 9. The number of carbonyl (C=O) groups excluding carboxylic acids is 2. The lowest BCUT2D eigenvalue weighted by Crippen LogP contribution is -2.29. The van der Waals surface area contributed by atoms with E-state index in [0.29, 0.717) is 30.8 Å². The Morgan fingerprint density at radius 3 is 2.50 bits per heavy atom. The molecule has 130 valence electrons. The summed E-state index contributed by atoms with van der Waals surface area (Å²) < 4.78 is 5.05. The van der Waals surface area contributed by atoms with Gasteiger partial charge in [-0.1, -0.05) is 0 Å². The first-order chi connectivity index (χ1) is 11.5. The number of carboxylic acid groups (broad SMARTS) is 1. The summed E-state index contributed by atoms with van der Waals surface area (Å²) in [5, 5.41) is 11.4. The van der Waals surface area contributed by atoms with Gasteiger partial charge in [0.25, 0.3) is 0 Å². The average molecular weight is 334 g/mol. The number of anilines is 1. The highest BCUT2D eigenvalue weighted by Crippen LogP contribution is 2.28. The first-order valence-corrected chi connectivity index (χ1v) is 7.96. The van der Waals surface area contributed by atoms with Gasteiger partial charge in [0.05, 0.1) is 0 Å². The number of amides is 2. The molecule has 1 aromatic rings. The summed E-state index contributed by atoms with van der Waals surface area (Å²) >= 11 is 0. The minimum Gasteiger partial charge on any atom is -0.482 e. The Bertz CT molecular complexity index is 596. The SMILES string of the molecule is CN(C(=O)CCCNC(=O)C1CC1)c1ccc(OCC(=O)O)cc1. The number of benzene rings is 1. The molecule has 0 aliphatic heterocycles. The highest BCUT2D eigenvalue weighted by molar-refractivity contribution is 5.92. The molecule has 2 N–H and O–H groups in total. The van der Waals surface area contributed by atoms with Crippen molar-refractivity contribution in [2.24, 2.45) is 5.92 Å². The first-order valence-electron chi connectivity index (χ1n) is 7.96. The lowest BCUT2D eigenvalue weighted by Gasteiger charge is -2.18. The highest BCUT2D eigenvalue weighted by atomic mass is 16.5. The fourth-order valence-corrected chi connectivity index (χ4v) is 2.16. The van der Waals surface area contributed by atoms with Crippen LogP contribution in [0.15, 0.2) is 24.3 Å². The number of nitrogens with zero attached hydrogens (tertiary/aromatic N) is 1. The maximum Gasteiger partial charge on any atom is 0.341 e. The Kier molecular flexibility index (Phi) is 6.17. The van der Waals surface area contributed by atoms with E-state index in [2.05, 4.69) is 5.32 Å². The Hall–Kier alpha value is -2.57. The predicted octanol–water partition coefficient (Wildman–Crippen LogP) is 1.42. The van der Waals surface area contributed by atoms with Crippen molar-refractivity contribution < 1.29 is 24.2 Å². The fraction of sp³-hybridized carbons (Fsp3) is 0.471. The quantitative estimate of drug-likeness (QED) is 0.666. The van der Waals surface area contributed by atoms with Crippen LogP contribution in [0.2, 0.25) is 0 Å². The monoisotopic (exact) mass is 334 g/mol. The summed E-state index contributed by atoms with van der Waals surface area (Å²) in [5.74, 6) is -0.377. The van der Waals surface area contributed by atoms with Crippen LogP contribution in [0.25, 0.3) is 0 Å². The van der Waals surface area contributed by atoms with Crippen molar-refractivity contribution in [2.45, 2.75) is 25.7 Å². The van der Waals surface area contributed by atoms with E-state index in [-0.39, 0.29) is 17.7 Å². The van der Waals surface area contributed by atoms with Gasteiger partial charge in [0.1, 0.15) is 5.75 Å². The fourth-order valence-electron chi connectivity index (χ4n) is 2.16. The van der Waals surface area contributed by atoms with Crippen LogP contribution in [0, 0.1) is 5.92 Å². The zero-order chi connectivity index (χ0) is 17.5. The lowest BCUT2D eigenvalue weighted by atomic mass is 10.2. The molecular weight excluding hydrogens is 312 g/mol. The van der Waals surface area contributed by atoms with E-state index in [0.717, 1.165) is 12.8 Å². The summed E-state index contributed by atoms with van der Waals surface area (Å²) in [6.07, 6.45) is 2.89. The third kappa shape index (κ3) is 5.57. The molecule has 1 aliphatic rings. The van der Waals surface area contributed by atoms with Crippen LogP contribution >= 0.6 is 0 Å². The van der Waals surface area contributed by atoms with Crippen molar-refractivity contribution in [1.82, 2.24) is 5.32 Å². The minimum atomic E-state index is -1.04. The van der Waals surface area contributed by atoms with Crippen LogP contribution in [0.4, 0.5) is 5.69 Å². The number of aliphatic carboxylic acids is 1. The van der Waals surface area contributed by atoms with Crippen molar-refractivity contribution in [3.05, 3.63) is 24.3 Å². The van der Waals surface area contributed by atoms with Crippen molar-refractivity contribution >= 4 is 23.5 Å². The second-order valence-electron chi connectivity index (χ2n) is 5.80. The molecule has 7 heteroatoms. The standard InChI is InChI=1S/C17H22N2O5/c1-19(13-6-8-14(9-7-13)24-11-16(21)22)15(20)3-2-10-18-17(23)12-4-5-12/h6-9,12H,2-5,10-11H2,1H3,(H,18,23)(H,21,22). The van der Waals surface area contributed by atoms with Crippen LogP contribution < -0.4 is 15.0 Å². The number of hydrogen-bond acceptors (Lipinski definition) is 4. The van der Waals surface area contributed by atoms with Crippen LogP contribution in [0.1, 0.15) is 25.7 Å². The maximum absolute atomic E-state index is 12.1. The molecule has 1 aromatic carbocycles. The molecule has 0 spiro atoms. The lowest BCUT2D eigenvalue weighted by molar-refractivity contribution is -0.139. The molecule has 1 aliphatic carbocycles. The number of carbonyl (C=O) groups is 3. The van der Waals surface area contributed by atoms with Crippen LogP contribution in [0.5, 0.6) is 5.75 Å². The summed E-state index contributed by atoms with van der Waals surface area (Å²) in [7, 11) is 1.68. The molecule has 0 heterocycles. The van der Waals surface area contributed by atoms with Gasteiger partial charge in [0.2, 0.25) is 11.8 Å². The van der Waals surface area contributed by atoms with E-state index in [1.165, 1.54) is 4.90 Å². The molecule has 0 bridgehead atoms. The molecule has 0 aromatic heterocycles. The van der Waals surface area contributed by atoms with Gasteiger partial charge in [-0.05, 0) is 43.5 Å². The van der Waals surface area contributed by atoms with Crippen molar-refractivity contribution in [1.29, 1.82) is 0 Å². The summed E-state index contributed by atoms with van der Waals surface area (Å²) in [6, 6.07) is 6.64. The molecule has 0 saturated heterocycles. The summed E-state index contributed by atoms with van der Waals surface area (Å²) in [6.45, 7) is 0.109. The largest absolute Gasteiger partial charge is 0.482 e. The molecule has 2 amide bonds. The number of ether oxygens (including phenoxy) is 1. The number of carboxylic acids is 1. The Morgan fingerprint density at radius 1 is 1.25 bits per heavy atom. The highest BCUT2D eigenvalue weighted by Gasteiger charge is 2.29. The van der Waals surface area contributed by atoms with E-state index in [1.54, 1.807) is 31.3 Å². The van der Waals surface area contributed by atoms with E-state index in [1.807, 2.05) is 0 Å². The number of hydrogen-bond donors (Lipinski definition) is 2. The van der Waals surface area contributed by atoms with E-state index in [4.69, 9.17) is 9.84 Å². The molecule has 7 nitrogen and oxygen atoms in total. The maximum atomic E-state index is 12.1. The Labute approximate surface area is 140 Å². The van der Waals surface area contributed by atoms with Gasteiger partial charge in [-0.2, -0.15) is 0 Å². The molecule has 1 fully saturated rings. The van der Waals surface area contributed by atoms with Gasteiger partial charge >= 0.3 is 5.97 Å². The summed E-state index contributed by atoms with van der Waals surface area (Å²) in [5.41, 5.74) is 0.699. The van der Waals surface area contributed by atoms with Gasteiger partial charge in [-0.25, -0.2) is 4.79 Å². The van der Waals surface area contributed by atoms with E-state index in [9.17, 15) is 14.4 Å². The Morgan fingerprint density at radius 2 is 1.92 bits per heavy atom. The molecule has 2 rings (SSSR count). The zero-order valence-corrected chi connectivity index (χ0v) is 13.7. The van der Waals surface area contributed by atoms with E-state index < -0.39 is 12.6 Å². The van der Waals surface area contributed by atoms with Crippen LogP contribution in [-0.2, 0) is 14.4 Å². The van der Waals surface area contributed by atoms with Crippen LogP contribution in [0.3, 0.4) is 0 Å². The smallest absolute Gasteiger partial charge is 0.341 e. The average Bonchev–Trinajstić information content (AvgIpc) is 3.41. The third-order valence-corrected chi connectivity index (χ3v) is 3.78. The second-order valence-corrected chi connectivity index (χ2v) is 5.80. The van der Waals surface area contributed by atoms with Gasteiger partial charge < -0.3 is 20.1 Å². The second kappa shape index (κ2) is 8.33. The van der Waals surface area contributed by atoms with Gasteiger partial charge in [0, 0.05) is 31.6 Å². The normalized spacial score (nSPS) is 13.2. The molecule has 0 radical (unpaired) electrons. The molecule has 0 atom stereocenters. The molecular formula is C17H22N2O5. The summed E-state index contributed by atoms with van der Waals surface area (Å²) in [4.78, 5) is 35.6. The molecule has 24 heavy (non-hydrogen) atoms. The van der Waals surface area contributed by atoms with E-state index >= 15 is 0 Å². The van der Waals surface area contributed by atoms with Crippen molar-refractivity contribution in [3.8, 4) is 5.75 Å². The van der Waals surface area contributed by atoms with Gasteiger partial charge in [-0.3, -0.25) is 9.59 Å². The van der Waals surface area contributed by atoms with Gasteiger partial charge in [-0.15, -0.1) is 0 Å². The third-order valence-electron chi connectivity index (χ3n) is 3.78. The Balaban J connectivity index is 1.72. The predicted molar refractivity (Wildman–Crippen MR) is 88.0 cm³/mol. The van der Waals surface area contributed by atoms with Gasteiger partial charge in [0.15, 0.2) is 6.61 Å². The first kappa shape index (κ1) is 17.8. The van der Waals surface area contributed by atoms with Crippen LogP contribution in [-0.4, -0.2) is 43.1 Å². The molecule has 0 unspecified atom stereocenters. The zero-order valence-electron chi connectivity index (χ0n) is 13.7. The van der Waals surface area contributed by atoms with Crippen molar-refractivity contribution in [3.63, 3.8) is 0 Å². The molecule has 1 saturated carbocycles.